The molecule has 0 aromatic heterocycles. The number of rotatable bonds is 5. The first-order chi connectivity index (χ1) is 7.15. The molecule has 0 aliphatic carbocycles. The van der Waals surface area contributed by atoms with E-state index >= 15 is 0 Å². The Hall–Kier alpha value is -0.120. The SMILES string of the molecule is CNC(C)C(C)N(C)CC1CCCOC1. The Morgan fingerprint density at radius 2 is 2.20 bits per heavy atom. The van der Waals surface area contributed by atoms with E-state index < -0.39 is 0 Å². The van der Waals surface area contributed by atoms with E-state index in [0.29, 0.717) is 12.1 Å². The molecule has 1 rings (SSSR count). The Kier molecular flexibility index (Phi) is 5.58. The first-order valence-corrected chi connectivity index (χ1v) is 6.10. The summed E-state index contributed by atoms with van der Waals surface area (Å²) in [6, 6.07) is 1.12. The van der Waals surface area contributed by atoms with Crippen LogP contribution in [0.15, 0.2) is 0 Å². The van der Waals surface area contributed by atoms with Gasteiger partial charge in [-0.15, -0.1) is 0 Å². The molecule has 0 aromatic rings. The molecule has 1 aliphatic heterocycles. The van der Waals surface area contributed by atoms with E-state index in [1.165, 1.54) is 12.8 Å². The van der Waals surface area contributed by atoms with Crippen molar-refractivity contribution in [3.05, 3.63) is 0 Å². The molecular formula is C12H26N2O. The van der Waals surface area contributed by atoms with Gasteiger partial charge in [-0.3, -0.25) is 0 Å². The number of ether oxygens (including phenoxy) is 1. The zero-order chi connectivity index (χ0) is 11.3. The van der Waals surface area contributed by atoms with Gasteiger partial charge in [0.25, 0.3) is 0 Å². The highest BCUT2D eigenvalue weighted by Crippen LogP contribution is 2.16. The smallest absolute Gasteiger partial charge is 0.0506 e. The number of hydrogen-bond acceptors (Lipinski definition) is 3. The number of hydrogen-bond donors (Lipinski definition) is 1. The van der Waals surface area contributed by atoms with E-state index in [0.717, 1.165) is 25.7 Å². The van der Waals surface area contributed by atoms with Crippen LogP contribution in [0.1, 0.15) is 26.7 Å². The minimum Gasteiger partial charge on any atom is -0.381 e. The normalized spacial score (nSPS) is 26.6. The van der Waals surface area contributed by atoms with Crippen molar-refractivity contribution in [3.8, 4) is 0 Å². The van der Waals surface area contributed by atoms with E-state index in [1.807, 2.05) is 7.05 Å². The summed E-state index contributed by atoms with van der Waals surface area (Å²) in [5.74, 6) is 0.732. The summed E-state index contributed by atoms with van der Waals surface area (Å²) in [5, 5.41) is 3.31. The second-order valence-electron chi connectivity index (χ2n) is 4.84. The van der Waals surface area contributed by atoms with Crippen molar-refractivity contribution in [1.82, 2.24) is 10.2 Å². The molecule has 3 atom stereocenters. The van der Waals surface area contributed by atoms with Crippen molar-refractivity contribution >= 4 is 0 Å². The molecule has 0 saturated carbocycles. The highest BCUT2D eigenvalue weighted by atomic mass is 16.5. The molecule has 3 heteroatoms. The van der Waals surface area contributed by atoms with Crippen LogP contribution in [0.25, 0.3) is 0 Å². The summed E-state index contributed by atoms with van der Waals surface area (Å²) in [4.78, 5) is 2.44. The van der Waals surface area contributed by atoms with Gasteiger partial charge in [-0.1, -0.05) is 0 Å². The largest absolute Gasteiger partial charge is 0.381 e. The highest BCUT2D eigenvalue weighted by Gasteiger charge is 2.20. The topological polar surface area (TPSA) is 24.5 Å². The molecule has 15 heavy (non-hydrogen) atoms. The predicted octanol–water partition coefficient (Wildman–Crippen LogP) is 1.34. The van der Waals surface area contributed by atoms with Crippen LogP contribution in [0.2, 0.25) is 0 Å². The second-order valence-corrected chi connectivity index (χ2v) is 4.84. The molecular weight excluding hydrogens is 188 g/mol. The lowest BCUT2D eigenvalue weighted by atomic mass is 10.0. The molecule has 3 nitrogen and oxygen atoms in total. The van der Waals surface area contributed by atoms with Crippen molar-refractivity contribution in [2.24, 2.45) is 5.92 Å². The third kappa shape index (κ3) is 4.09. The van der Waals surface area contributed by atoms with E-state index in [4.69, 9.17) is 4.74 Å². The fourth-order valence-electron chi connectivity index (χ4n) is 2.15. The van der Waals surface area contributed by atoms with Gasteiger partial charge in [0.2, 0.25) is 0 Å². The summed E-state index contributed by atoms with van der Waals surface area (Å²) in [5.41, 5.74) is 0. The summed E-state index contributed by atoms with van der Waals surface area (Å²) in [6.45, 7) is 7.59. The molecule has 1 N–H and O–H groups in total. The Morgan fingerprint density at radius 3 is 2.73 bits per heavy atom. The van der Waals surface area contributed by atoms with Crippen molar-refractivity contribution in [3.63, 3.8) is 0 Å². The summed E-state index contributed by atoms with van der Waals surface area (Å²) in [7, 11) is 4.24. The molecule has 0 aromatic carbocycles. The quantitative estimate of drug-likeness (QED) is 0.747. The lowest BCUT2D eigenvalue weighted by molar-refractivity contribution is 0.0352. The third-order valence-corrected chi connectivity index (χ3v) is 3.67. The van der Waals surface area contributed by atoms with Crippen LogP contribution < -0.4 is 5.32 Å². The lowest BCUT2D eigenvalue weighted by Crippen LogP contribution is -2.46. The minimum atomic E-state index is 0.541. The van der Waals surface area contributed by atoms with Crippen LogP contribution in [-0.4, -0.2) is 50.8 Å². The Bertz CT molecular complexity index is 169. The van der Waals surface area contributed by atoms with Gasteiger partial charge in [-0.25, -0.2) is 0 Å². The van der Waals surface area contributed by atoms with E-state index in [1.54, 1.807) is 0 Å². The van der Waals surface area contributed by atoms with Crippen LogP contribution >= 0.6 is 0 Å². The van der Waals surface area contributed by atoms with Crippen molar-refractivity contribution in [2.75, 3.05) is 33.9 Å². The van der Waals surface area contributed by atoms with Crippen LogP contribution in [-0.2, 0) is 4.74 Å². The maximum atomic E-state index is 5.51. The molecule has 0 amide bonds. The van der Waals surface area contributed by atoms with Crippen LogP contribution in [0, 0.1) is 5.92 Å². The summed E-state index contributed by atoms with van der Waals surface area (Å²) in [6.07, 6.45) is 2.56. The van der Waals surface area contributed by atoms with Gasteiger partial charge < -0.3 is 15.0 Å². The maximum Gasteiger partial charge on any atom is 0.0506 e. The molecule has 0 bridgehead atoms. The molecule has 90 valence electrons. The number of likely N-dealkylation sites (N-methyl/N-ethyl adjacent to an activating group) is 2. The van der Waals surface area contributed by atoms with Crippen LogP contribution in [0.4, 0.5) is 0 Å². The monoisotopic (exact) mass is 214 g/mol. The standard InChI is InChI=1S/C12H26N2O/c1-10(13-3)11(2)14(4)8-12-6-5-7-15-9-12/h10-13H,5-9H2,1-4H3. The fraction of sp³-hybridized carbons (Fsp3) is 1.00. The molecule has 0 spiro atoms. The first kappa shape index (κ1) is 12.9. The van der Waals surface area contributed by atoms with Crippen LogP contribution in [0.3, 0.4) is 0 Å². The zero-order valence-electron chi connectivity index (χ0n) is 10.6. The van der Waals surface area contributed by atoms with E-state index in [9.17, 15) is 0 Å². The molecule has 3 unspecified atom stereocenters. The van der Waals surface area contributed by atoms with Gasteiger partial charge >= 0.3 is 0 Å². The van der Waals surface area contributed by atoms with Gasteiger partial charge in [-0.2, -0.15) is 0 Å². The summed E-state index contributed by atoms with van der Waals surface area (Å²) >= 11 is 0. The molecule has 1 saturated heterocycles. The van der Waals surface area contributed by atoms with Gasteiger partial charge in [0.1, 0.15) is 0 Å². The minimum absolute atomic E-state index is 0.541. The third-order valence-electron chi connectivity index (χ3n) is 3.67. The van der Waals surface area contributed by atoms with E-state index in [2.05, 4.69) is 31.1 Å². The number of nitrogens with zero attached hydrogens (tertiary/aromatic N) is 1. The van der Waals surface area contributed by atoms with Gasteiger partial charge in [0.05, 0.1) is 6.61 Å². The maximum absolute atomic E-state index is 5.51. The predicted molar refractivity (Wildman–Crippen MR) is 64.2 cm³/mol. The average Bonchev–Trinajstić information content (AvgIpc) is 2.28. The Balaban J connectivity index is 2.29. The Morgan fingerprint density at radius 1 is 1.47 bits per heavy atom. The van der Waals surface area contributed by atoms with E-state index in [-0.39, 0.29) is 0 Å². The van der Waals surface area contributed by atoms with Gasteiger partial charge in [-0.05, 0) is 46.7 Å². The zero-order valence-corrected chi connectivity index (χ0v) is 10.6. The summed E-state index contributed by atoms with van der Waals surface area (Å²) < 4.78 is 5.51. The van der Waals surface area contributed by atoms with Gasteiger partial charge in [0, 0.05) is 25.2 Å². The molecule has 1 aliphatic rings. The lowest BCUT2D eigenvalue weighted by Gasteiger charge is -2.33. The molecule has 0 radical (unpaired) electrons. The first-order valence-electron chi connectivity index (χ1n) is 6.10. The van der Waals surface area contributed by atoms with Crippen molar-refractivity contribution < 1.29 is 4.74 Å². The highest BCUT2D eigenvalue weighted by molar-refractivity contribution is 4.77. The molecule has 1 heterocycles. The number of nitrogens with one attached hydrogen (secondary N) is 1. The average molecular weight is 214 g/mol. The molecule has 1 fully saturated rings. The van der Waals surface area contributed by atoms with Crippen LogP contribution in [0.5, 0.6) is 0 Å². The Labute approximate surface area is 94.2 Å². The fourth-order valence-corrected chi connectivity index (χ4v) is 2.15. The van der Waals surface area contributed by atoms with Crippen molar-refractivity contribution in [1.29, 1.82) is 0 Å². The second kappa shape index (κ2) is 6.46. The van der Waals surface area contributed by atoms with Crippen molar-refractivity contribution in [2.45, 2.75) is 38.8 Å². The van der Waals surface area contributed by atoms with Gasteiger partial charge in [0.15, 0.2) is 0 Å².